The lowest BCUT2D eigenvalue weighted by atomic mass is 10.3. The molecule has 0 saturated carbocycles. The van der Waals surface area contributed by atoms with Crippen LogP contribution in [0.1, 0.15) is 15.2 Å². The van der Waals surface area contributed by atoms with Crippen LogP contribution in [0.3, 0.4) is 0 Å². The molecule has 1 heterocycles. The summed E-state index contributed by atoms with van der Waals surface area (Å²) in [5.41, 5.74) is 0.619. The fraction of sp³-hybridized carbons (Fsp3) is 0.250. The van der Waals surface area contributed by atoms with Crippen LogP contribution in [-0.4, -0.2) is 24.3 Å². The molecule has 0 atom stereocenters. The summed E-state index contributed by atoms with van der Waals surface area (Å²) in [6.45, 7) is 1.67. The summed E-state index contributed by atoms with van der Waals surface area (Å²) < 4.78 is 4.37. The van der Waals surface area contributed by atoms with Crippen LogP contribution in [0.5, 0.6) is 0 Å². The standard InChI is InChI=1S/C8H9NO4S/c1-4-3-5(9-8(12)13-2)14-6(4)7(10)11/h3H,1-2H3,(H,9,12)(H,10,11). The highest BCUT2D eigenvalue weighted by molar-refractivity contribution is 7.18. The van der Waals surface area contributed by atoms with Gasteiger partial charge in [0.05, 0.1) is 12.1 Å². The summed E-state index contributed by atoms with van der Waals surface area (Å²) in [6, 6.07) is 1.59. The summed E-state index contributed by atoms with van der Waals surface area (Å²) >= 11 is 1.000. The van der Waals surface area contributed by atoms with E-state index in [-0.39, 0.29) is 4.88 Å². The van der Waals surface area contributed by atoms with Crippen LogP contribution in [0.25, 0.3) is 0 Å². The Bertz CT molecular complexity index is 371. The van der Waals surface area contributed by atoms with Gasteiger partial charge in [-0.2, -0.15) is 0 Å². The number of hydrogen-bond acceptors (Lipinski definition) is 4. The fourth-order valence-corrected chi connectivity index (χ4v) is 1.80. The average Bonchev–Trinajstić information content (AvgIpc) is 2.46. The van der Waals surface area contributed by atoms with Gasteiger partial charge in [0.15, 0.2) is 0 Å². The second kappa shape index (κ2) is 4.10. The molecule has 0 bridgehead atoms. The Balaban J connectivity index is 2.86. The molecule has 0 spiro atoms. The third-order valence-corrected chi connectivity index (χ3v) is 2.66. The summed E-state index contributed by atoms with van der Waals surface area (Å²) in [6.07, 6.45) is -0.608. The van der Waals surface area contributed by atoms with Crippen molar-refractivity contribution in [3.8, 4) is 0 Å². The first-order valence-corrected chi connectivity index (χ1v) is 4.55. The molecule has 1 amide bonds. The van der Waals surface area contributed by atoms with E-state index in [9.17, 15) is 9.59 Å². The van der Waals surface area contributed by atoms with Gasteiger partial charge in [-0.25, -0.2) is 9.59 Å². The van der Waals surface area contributed by atoms with Crippen molar-refractivity contribution < 1.29 is 19.4 Å². The minimum absolute atomic E-state index is 0.219. The van der Waals surface area contributed by atoms with Crippen LogP contribution in [0.2, 0.25) is 0 Å². The summed E-state index contributed by atoms with van der Waals surface area (Å²) in [5, 5.41) is 11.6. The van der Waals surface area contributed by atoms with Gasteiger partial charge in [-0.1, -0.05) is 0 Å². The zero-order chi connectivity index (χ0) is 10.7. The van der Waals surface area contributed by atoms with Crippen molar-refractivity contribution >= 4 is 28.4 Å². The third kappa shape index (κ3) is 2.23. The largest absolute Gasteiger partial charge is 0.477 e. The number of carbonyl (C=O) groups excluding carboxylic acids is 1. The first-order chi connectivity index (χ1) is 6.54. The molecule has 0 aliphatic carbocycles. The van der Waals surface area contributed by atoms with E-state index < -0.39 is 12.1 Å². The molecule has 1 aromatic heterocycles. The lowest BCUT2D eigenvalue weighted by Gasteiger charge is -1.97. The van der Waals surface area contributed by atoms with Crippen LogP contribution < -0.4 is 5.32 Å². The SMILES string of the molecule is COC(=O)Nc1cc(C)c(C(=O)O)s1. The van der Waals surface area contributed by atoms with Crippen molar-refractivity contribution in [3.05, 3.63) is 16.5 Å². The number of amides is 1. The Labute approximate surface area is 84.3 Å². The number of nitrogens with one attached hydrogen (secondary N) is 1. The molecule has 0 aliphatic heterocycles. The Kier molecular flexibility index (Phi) is 3.08. The van der Waals surface area contributed by atoms with E-state index in [1.807, 2.05) is 0 Å². The molecule has 0 aliphatic rings. The van der Waals surface area contributed by atoms with Gasteiger partial charge >= 0.3 is 12.1 Å². The van der Waals surface area contributed by atoms with Gasteiger partial charge in [0.1, 0.15) is 4.88 Å². The van der Waals surface area contributed by atoms with Crippen molar-refractivity contribution in [3.63, 3.8) is 0 Å². The highest BCUT2D eigenvalue weighted by Crippen LogP contribution is 2.26. The third-order valence-electron chi connectivity index (χ3n) is 1.52. The van der Waals surface area contributed by atoms with Crippen LogP contribution >= 0.6 is 11.3 Å². The van der Waals surface area contributed by atoms with Gasteiger partial charge in [0.25, 0.3) is 0 Å². The van der Waals surface area contributed by atoms with E-state index in [1.165, 1.54) is 7.11 Å². The average molecular weight is 215 g/mol. The van der Waals surface area contributed by atoms with E-state index in [2.05, 4.69) is 10.1 Å². The monoisotopic (exact) mass is 215 g/mol. The highest BCUT2D eigenvalue weighted by atomic mass is 32.1. The number of methoxy groups -OCH3 is 1. The normalized spacial score (nSPS) is 9.57. The van der Waals surface area contributed by atoms with Crippen molar-refractivity contribution in [1.82, 2.24) is 0 Å². The van der Waals surface area contributed by atoms with Crippen molar-refractivity contribution in [2.75, 3.05) is 12.4 Å². The molecule has 2 N–H and O–H groups in total. The summed E-state index contributed by atoms with van der Waals surface area (Å²) in [7, 11) is 1.24. The second-order valence-corrected chi connectivity index (χ2v) is 3.60. The number of carboxylic acids is 1. The number of ether oxygens (including phenoxy) is 1. The Hall–Kier alpha value is -1.56. The minimum Gasteiger partial charge on any atom is -0.477 e. The molecule has 76 valence electrons. The van der Waals surface area contributed by atoms with Gasteiger partial charge in [-0.3, -0.25) is 5.32 Å². The first kappa shape index (κ1) is 10.5. The fourth-order valence-electron chi connectivity index (χ4n) is 0.908. The maximum absolute atomic E-state index is 10.8. The molecule has 0 saturated heterocycles. The highest BCUT2D eigenvalue weighted by Gasteiger charge is 2.13. The maximum Gasteiger partial charge on any atom is 0.411 e. The first-order valence-electron chi connectivity index (χ1n) is 3.73. The summed E-state index contributed by atoms with van der Waals surface area (Å²) in [4.78, 5) is 21.7. The predicted octanol–water partition coefficient (Wildman–Crippen LogP) is 1.93. The van der Waals surface area contributed by atoms with Gasteiger partial charge in [0.2, 0.25) is 0 Å². The molecule has 0 fully saturated rings. The number of hydrogen-bond donors (Lipinski definition) is 2. The quantitative estimate of drug-likeness (QED) is 0.790. The topological polar surface area (TPSA) is 75.6 Å². The number of anilines is 1. The van der Waals surface area contributed by atoms with Crippen molar-refractivity contribution in [2.24, 2.45) is 0 Å². The molecule has 5 nitrogen and oxygen atoms in total. The summed E-state index contributed by atoms with van der Waals surface area (Å²) in [5.74, 6) is -0.995. The Morgan fingerprint density at radius 1 is 1.57 bits per heavy atom. The van der Waals surface area contributed by atoms with Gasteiger partial charge in [0, 0.05) is 0 Å². The molecule has 6 heteroatoms. The van der Waals surface area contributed by atoms with Crippen molar-refractivity contribution in [1.29, 1.82) is 0 Å². The molecule has 0 aromatic carbocycles. The number of rotatable bonds is 2. The number of aromatic carboxylic acids is 1. The predicted molar refractivity (Wildman–Crippen MR) is 52.0 cm³/mol. The lowest BCUT2D eigenvalue weighted by Crippen LogP contribution is -2.09. The maximum atomic E-state index is 10.8. The molecule has 14 heavy (non-hydrogen) atoms. The number of aryl methyl sites for hydroxylation is 1. The van der Waals surface area contributed by atoms with Crippen molar-refractivity contribution in [2.45, 2.75) is 6.92 Å². The van der Waals surface area contributed by atoms with E-state index in [4.69, 9.17) is 5.11 Å². The van der Waals surface area contributed by atoms with E-state index in [0.29, 0.717) is 10.6 Å². The Morgan fingerprint density at radius 2 is 2.21 bits per heavy atom. The zero-order valence-electron chi connectivity index (χ0n) is 7.66. The molecule has 1 rings (SSSR count). The molecular weight excluding hydrogens is 206 g/mol. The lowest BCUT2D eigenvalue weighted by molar-refractivity contribution is 0.0701. The van der Waals surface area contributed by atoms with Gasteiger partial charge in [-0.15, -0.1) is 11.3 Å². The number of carboxylic acid groups (broad SMARTS) is 1. The molecular formula is C8H9NO4S. The molecule has 0 unspecified atom stereocenters. The minimum atomic E-state index is -0.995. The smallest absolute Gasteiger partial charge is 0.411 e. The van der Waals surface area contributed by atoms with Crippen LogP contribution in [0.15, 0.2) is 6.07 Å². The van der Waals surface area contributed by atoms with E-state index >= 15 is 0 Å². The molecule has 0 radical (unpaired) electrons. The molecule has 1 aromatic rings. The number of carbonyl (C=O) groups is 2. The van der Waals surface area contributed by atoms with Crippen LogP contribution in [-0.2, 0) is 4.74 Å². The van der Waals surface area contributed by atoms with E-state index in [1.54, 1.807) is 13.0 Å². The van der Waals surface area contributed by atoms with Gasteiger partial charge < -0.3 is 9.84 Å². The van der Waals surface area contributed by atoms with Crippen LogP contribution in [0, 0.1) is 6.92 Å². The zero-order valence-corrected chi connectivity index (χ0v) is 8.47. The Morgan fingerprint density at radius 3 is 2.64 bits per heavy atom. The second-order valence-electron chi connectivity index (χ2n) is 2.54. The van der Waals surface area contributed by atoms with E-state index in [0.717, 1.165) is 11.3 Å². The van der Waals surface area contributed by atoms with Crippen LogP contribution in [0.4, 0.5) is 9.80 Å². The van der Waals surface area contributed by atoms with Gasteiger partial charge in [-0.05, 0) is 18.6 Å². The number of thiophene rings is 1.